The third kappa shape index (κ3) is 4.52. The fourth-order valence-corrected chi connectivity index (χ4v) is 3.12. The van der Waals surface area contributed by atoms with Gasteiger partial charge in [-0.1, -0.05) is 45.0 Å². The van der Waals surface area contributed by atoms with E-state index in [0.717, 1.165) is 11.6 Å². The van der Waals surface area contributed by atoms with Crippen molar-refractivity contribution in [1.82, 2.24) is 0 Å². The lowest BCUT2D eigenvalue weighted by Crippen LogP contribution is -2.40. The fourth-order valence-electron chi connectivity index (χ4n) is 2.16. The van der Waals surface area contributed by atoms with Gasteiger partial charge in [0.1, 0.15) is 5.82 Å². The van der Waals surface area contributed by atoms with Gasteiger partial charge in [0.05, 0.1) is 23.2 Å². The van der Waals surface area contributed by atoms with Crippen LogP contribution in [0.15, 0.2) is 42.5 Å². The Kier molecular flexibility index (Phi) is 5.44. The molecule has 0 N–H and O–H groups in total. The van der Waals surface area contributed by atoms with Crippen molar-refractivity contribution in [2.24, 2.45) is 0 Å². The van der Waals surface area contributed by atoms with E-state index in [0.29, 0.717) is 17.7 Å². The van der Waals surface area contributed by atoms with Gasteiger partial charge in [0.25, 0.3) is 5.69 Å². The summed E-state index contributed by atoms with van der Waals surface area (Å²) in [6.45, 7) is 11.5. The van der Waals surface area contributed by atoms with Crippen molar-refractivity contribution in [3.8, 4) is 11.1 Å². The normalized spacial score (nSPS) is 12.2. The molecule has 2 aromatic carbocycles. The van der Waals surface area contributed by atoms with E-state index >= 15 is 0 Å². The Bertz CT molecular complexity index is 767. The molecule has 4 nitrogen and oxygen atoms in total. The van der Waals surface area contributed by atoms with Crippen LogP contribution in [-0.2, 0) is 11.0 Å². The zero-order valence-corrected chi connectivity index (χ0v) is 16.3. The molecular formula is C19H24FNO3Si. The molecule has 0 fully saturated rings. The molecule has 0 bridgehead atoms. The maximum atomic E-state index is 13.3. The molecule has 0 aliphatic heterocycles. The van der Waals surface area contributed by atoms with E-state index in [4.69, 9.17) is 4.43 Å². The third-order valence-corrected chi connectivity index (χ3v) is 9.31. The Morgan fingerprint density at radius 1 is 1.12 bits per heavy atom. The monoisotopic (exact) mass is 361 g/mol. The van der Waals surface area contributed by atoms with E-state index in [2.05, 4.69) is 33.9 Å². The molecule has 0 saturated carbocycles. The Hall–Kier alpha value is -2.05. The number of nitrogens with zero attached hydrogens (tertiary/aromatic N) is 1. The van der Waals surface area contributed by atoms with Crippen molar-refractivity contribution >= 4 is 14.0 Å². The highest BCUT2D eigenvalue weighted by Gasteiger charge is 2.37. The predicted octanol–water partition coefficient (Wildman–Crippen LogP) is 5.92. The van der Waals surface area contributed by atoms with Crippen molar-refractivity contribution in [1.29, 1.82) is 0 Å². The molecule has 134 valence electrons. The van der Waals surface area contributed by atoms with Crippen LogP contribution >= 0.6 is 0 Å². The minimum atomic E-state index is -1.83. The molecule has 0 atom stereocenters. The number of benzene rings is 2. The maximum Gasteiger partial charge on any atom is 0.280 e. The van der Waals surface area contributed by atoms with E-state index in [1.54, 1.807) is 0 Å². The second kappa shape index (κ2) is 7.05. The molecule has 0 heterocycles. The first-order valence-corrected chi connectivity index (χ1v) is 11.1. The zero-order valence-electron chi connectivity index (χ0n) is 15.3. The third-order valence-electron chi connectivity index (χ3n) is 4.83. The van der Waals surface area contributed by atoms with Gasteiger partial charge in [-0.3, -0.25) is 10.1 Å². The number of halogens is 1. The van der Waals surface area contributed by atoms with Gasteiger partial charge >= 0.3 is 0 Å². The van der Waals surface area contributed by atoms with E-state index in [-0.39, 0.29) is 10.7 Å². The highest BCUT2D eigenvalue weighted by molar-refractivity contribution is 6.74. The second-order valence-corrected chi connectivity index (χ2v) is 12.5. The van der Waals surface area contributed by atoms with Crippen LogP contribution in [0.2, 0.25) is 18.1 Å². The summed E-state index contributed by atoms with van der Waals surface area (Å²) in [6.07, 6.45) is 0. The lowest BCUT2D eigenvalue weighted by molar-refractivity contribution is -0.384. The lowest BCUT2D eigenvalue weighted by Gasteiger charge is -2.36. The van der Waals surface area contributed by atoms with Crippen molar-refractivity contribution < 1.29 is 13.7 Å². The standard InChI is InChI=1S/C19H24FNO3Si/c1-19(2,3)25(4,5)24-13-14-6-8-15(9-7-14)17-11-10-16(20)12-18(17)21(22)23/h6-12H,13H2,1-5H3. The van der Waals surface area contributed by atoms with E-state index in [1.807, 2.05) is 24.3 Å². The molecule has 25 heavy (non-hydrogen) atoms. The summed E-state index contributed by atoms with van der Waals surface area (Å²) in [5.74, 6) is -0.616. The van der Waals surface area contributed by atoms with Crippen LogP contribution in [-0.4, -0.2) is 13.2 Å². The molecule has 0 aliphatic rings. The van der Waals surface area contributed by atoms with Crippen molar-refractivity contribution in [3.05, 3.63) is 64.0 Å². The van der Waals surface area contributed by atoms with Gasteiger partial charge in [0.15, 0.2) is 8.32 Å². The lowest BCUT2D eigenvalue weighted by atomic mass is 10.0. The summed E-state index contributed by atoms with van der Waals surface area (Å²) >= 11 is 0. The summed E-state index contributed by atoms with van der Waals surface area (Å²) in [7, 11) is -1.83. The average Bonchev–Trinajstić information content (AvgIpc) is 2.52. The van der Waals surface area contributed by atoms with Crippen LogP contribution in [0.25, 0.3) is 11.1 Å². The number of nitro groups is 1. The second-order valence-electron chi connectivity index (χ2n) is 7.66. The SMILES string of the molecule is CC(C)(C)[Si](C)(C)OCc1ccc(-c2ccc(F)cc2[N+](=O)[O-])cc1. The number of hydrogen-bond donors (Lipinski definition) is 0. The van der Waals surface area contributed by atoms with Crippen LogP contribution in [0.3, 0.4) is 0 Å². The van der Waals surface area contributed by atoms with Crippen molar-refractivity contribution in [3.63, 3.8) is 0 Å². The quantitative estimate of drug-likeness (QED) is 0.377. The van der Waals surface area contributed by atoms with Crippen LogP contribution in [0.4, 0.5) is 10.1 Å². The molecule has 2 aromatic rings. The molecule has 0 saturated heterocycles. The highest BCUT2D eigenvalue weighted by atomic mass is 28.4. The van der Waals surface area contributed by atoms with Crippen LogP contribution < -0.4 is 0 Å². The summed E-state index contributed by atoms with van der Waals surface area (Å²) in [4.78, 5) is 10.6. The first-order valence-electron chi connectivity index (χ1n) is 8.18. The minimum Gasteiger partial charge on any atom is -0.413 e. The molecule has 6 heteroatoms. The predicted molar refractivity (Wildman–Crippen MR) is 100 cm³/mol. The van der Waals surface area contributed by atoms with E-state index < -0.39 is 19.1 Å². The summed E-state index contributed by atoms with van der Waals surface area (Å²) in [6, 6.07) is 11.0. The van der Waals surface area contributed by atoms with Gasteiger partial charge < -0.3 is 4.43 Å². The van der Waals surface area contributed by atoms with Gasteiger partial charge in [-0.25, -0.2) is 4.39 Å². The van der Waals surface area contributed by atoms with Gasteiger partial charge in [-0.15, -0.1) is 0 Å². The minimum absolute atomic E-state index is 0.141. The number of rotatable bonds is 5. The summed E-state index contributed by atoms with van der Waals surface area (Å²) < 4.78 is 19.5. The van der Waals surface area contributed by atoms with E-state index in [1.165, 1.54) is 12.1 Å². The number of nitro benzene ring substituents is 1. The Morgan fingerprint density at radius 3 is 2.24 bits per heavy atom. The van der Waals surface area contributed by atoms with Crippen LogP contribution in [0.1, 0.15) is 26.3 Å². The highest BCUT2D eigenvalue weighted by Crippen LogP contribution is 2.37. The zero-order chi connectivity index (χ0) is 18.8. The Labute approximate surface area is 148 Å². The molecule has 0 unspecified atom stereocenters. The first-order chi connectivity index (χ1) is 11.5. The topological polar surface area (TPSA) is 52.4 Å². The van der Waals surface area contributed by atoms with Gasteiger partial charge in [-0.2, -0.15) is 0 Å². The maximum absolute atomic E-state index is 13.3. The molecule has 0 radical (unpaired) electrons. The Morgan fingerprint density at radius 2 is 1.72 bits per heavy atom. The summed E-state index contributed by atoms with van der Waals surface area (Å²) in [5.41, 5.74) is 1.87. The van der Waals surface area contributed by atoms with Gasteiger partial charge in [-0.05, 0) is 41.4 Å². The van der Waals surface area contributed by atoms with Crippen LogP contribution in [0, 0.1) is 15.9 Å². The van der Waals surface area contributed by atoms with E-state index in [9.17, 15) is 14.5 Å². The average molecular weight is 361 g/mol. The first kappa shape index (κ1) is 19.3. The summed E-state index contributed by atoms with van der Waals surface area (Å²) in [5, 5.41) is 11.3. The van der Waals surface area contributed by atoms with Gasteiger partial charge in [0, 0.05) is 0 Å². The van der Waals surface area contributed by atoms with Crippen LogP contribution in [0.5, 0.6) is 0 Å². The molecule has 0 aliphatic carbocycles. The molecule has 0 spiro atoms. The smallest absolute Gasteiger partial charge is 0.280 e. The molecule has 0 aromatic heterocycles. The van der Waals surface area contributed by atoms with Gasteiger partial charge in [0.2, 0.25) is 0 Å². The molecule has 0 amide bonds. The van der Waals surface area contributed by atoms with Crippen molar-refractivity contribution in [2.45, 2.75) is 45.5 Å². The molecule has 2 rings (SSSR count). The van der Waals surface area contributed by atoms with Crippen molar-refractivity contribution in [2.75, 3.05) is 0 Å². The largest absolute Gasteiger partial charge is 0.413 e. The molecular weight excluding hydrogens is 337 g/mol. The fraction of sp³-hybridized carbons (Fsp3) is 0.368. The Balaban J connectivity index is 2.20. The number of hydrogen-bond acceptors (Lipinski definition) is 3.